The highest BCUT2D eigenvalue weighted by molar-refractivity contribution is 7.89. The fourth-order valence-electron chi connectivity index (χ4n) is 1.99. The number of halogens is 1. The second-order valence-electron chi connectivity index (χ2n) is 5.35. The van der Waals surface area contributed by atoms with Crippen molar-refractivity contribution in [3.8, 4) is 5.88 Å². The number of aromatic nitrogens is 1. The molecule has 0 saturated carbocycles. The maximum absolute atomic E-state index is 12.7. The fourth-order valence-corrected chi connectivity index (χ4v) is 3.51. The third kappa shape index (κ3) is 5.85. The van der Waals surface area contributed by atoms with E-state index in [0.29, 0.717) is 25.0 Å². The smallest absolute Gasteiger partial charge is 0.244 e. The number of pyridine rings is 1. The summed E-state index contributed by atoms with van der Waals surface area (Å²) in [5, 5.41) is 0. The summed E-state index contributed by atoms with van der Waals surface area (Å²) in [5.41, 5.74) is 5.63. The minimum absolute atomic E-state index is 0.0233. The Bertz CT molecular complexity index is 618. The highest BCUT2D eigenvalue weighted by atomic mass is 32.2. The third-order valence-electron chi connectivity index (χ3n) is 3.40. The predicted molar refractivity (Wildman–Crippen MR) is 91.9 cm³/mol. The Morgan fingerprint density at radius 2 is 2.08 bits per heavy atom. The van der Waals surface area contributed by atoms with E-state index in [4.69, 9.17) is 10.5 Å². The Hall–Kier alpha value is -1.51. The van der Waals surface area contributed by atoms with Crippen molar-refractivity contribution in [1.29, 1.82) is 0 Å². The normalized spacial score (nSPS) is 12.6. The quantitative estimate of drug-likeness (QED) is 0.656. The first-order chi connectivity index (χ1) is 11.5. The van der Waals surface area contributed by atoms with E-state index in [0.717, 1.165) is 19.3 Å². The van der Waals surface area contributed by atoms with Crippen molar-refractivity contribution in [3.05, 3.63) is 30.2 Å². The molecule has 0 aliphatic rings. The molecule has 0 aliphatic carbocycles. The molecule has 0 unspecified atom stereocenters. The second-order valence-corrected chi connectivity index (χ2v) is 7.29. The fraction of sp³-hybridized carbons (Fsp3) is 0.562. The van der Waals surface area contributed by atoms with Crippen LogP contribution in [0.2, 0.25) is 0 Å². The van der Waals surface area contributed by atoms with E-state index in [1.165, 1.54) is 22.6 Å². The molecule has 6 nitrogen and oxygen atoms in total. The van der Waals surface area contributed by atoms with Gasteiger partial charge in [-0.3, -0.25) is 0 Å². The molecule has 0 spiro atoms. The molecule has 0 bridgehead atoms. The molecule has 1 aromatic heterocycles. The second kappa shape index (κ2) is 10.4. The van der Waals surface area contributed by atoms with Crippen LogP contribution in [0.4, 0.5) is 4.39 Å². The van der Waals surface area contributed by atoms with Gasteiger partial charge in [-0.25, -0.2) is 17.8 Å². The van der Waals surface area contributed by atoms with Gasteiger partial charge in [-0.15, -0.1) is 0 Å². The van der Waals surface area contributed by atoms with Crippen LogP contribution >= 0.6 is 0 Å². The molecule has 24 heavy (non-hydrogen) atoms. The van der Waals surface area contributed by atoms with Crippen molar-refractivity contribution in [2.75, 3.05) is 26.2 Å². The Morgan fingerprint density at radius 3 is 2.58 bits per heavy atom. The summed E-state index contributed by atoms with van der Waals surface area (Å²) in [6, 6.07) is 2.91. The van der Waals surface area contributed by atoms with Crippen molar-refractivity contribution in [1.82, 2.24) is 9.29 Å². The van der Waals surface area contributed by atoms with Gasteiger partial charge in [-0.2, -0.15) is 4.31 Å². The summed E-state index contributed by atoms with van der Waals surface area (Å²) in [4.78, 5) is 4.11. The van der Waals surface area contributed by atoms with Crippen LogP contribution in [0.5, 0.6) is 5.88 Å². The van der Waals surface area contributed by atoms with Crippen LogP contribution in [0.25, 0.3) is 0 Å². The number of nitrogens with two attached hydrogens (primary N) is 1. The third-order valence-corrected chi connectivity index (χ3v) is 5.29. The molecule has 0 fully saturated rings. The van der Waals surface area contributed by atoms with E-state index in [-0.39, 0.29) is 23.9 Å². The Balaban J connectivity index is 2.85. The lowest BCUT2D eigenvalue weighted by Gasteiger charge is -2.21. The Labute approximate surface area is 143 Å². The van der Waals surface area contributed by atoms with Crippen LogP contribution in [-0.2, 0) is 10.0 Å². The van der Waals surface area contributed by atoms with Crippen LogP contribution in [-0.4, -0.2) is 43.9 Å². The van der Waals surface area contributed by atoms with E-state index in [9.17, 15) is 12.8 Å². The number of rotatable bonds is 11. The summed E-state index contributed by atoms with van der Waals surface area (Å²) < 4.78 is 44.5. The summed E-state index contributed by atoms with van der Waals surface area (Å²) in [5.74, 6) is 0.220. The number of sulfonamides is 1. The summed E-state index contributed by atoms with van der Waals surface area (Å²) in [6.07, 6.45) is 4.14. The lowest BCUT2D eigenvalue weighted by molar-refractivity contribution is 0.333. The number of ether oxygens (including phenoxy) is 1. The molecule has 1 heterocycles. The molecule has 1 aromatic rings. The van der Waals surface area contributed by atoms with Crippen molar-refractivity contribution < 1.29 is 17.5 Å². The van der Waals surface area contributed by atoms with Gasteiger partial charge in [0.15, 0.2) is 0 Å². The van der Waals surface area contributed by atoms with E-state index in [2.05, 4.69) is 4.98 Å². The molecule has 0 amide bonds. The molecule has 0 radical (unpaired) electrons. The van der Waals surface area contributed by atoms with E-state index in [1.807, 2.05) is 13.8 Å². The lowest BCUT2D eigenvalue weighted by atomic mass is 10.3. The Morgan fingerprint density at radius 1 is 1.33 bits per heavy atom. The molecule has 136 valence electrons. The zero-order valence-electron chi connectivity index (χ0n) is 14.2. The largest absolute Gasteiger partial charge is 0.473 e. The standard InChI is InChI=1S/C16H26FN3O3S/c1-3-5-9-20(8-4-2)24(21,22)15-6-7-16(19-12-15)23-13-14(10-17)11-18/h6-7,10,12H,3-5,8-9,11,13,18H2,1-2H3/b14-10+. The summed E-state index contributed by atoms with van der Waals surface area (Å²) >= 11 is 0. The molecular formula is C16H26FN3O3S. The zero-order valence-corrected chi connectivity index (χ0v) is 15.1. The molecule has 0 aliphatic heterocycles. The van der Waals surface area contributed by atoms with Gasteiger partial charge < -0.3 is 10.5 Å². The van der Waals surface area contributed by atoms with Crippen LogP contribution < -0.4 is 10.5 Å². The Kier molecular flexibility index (Phi) is 8.88. The van der Waals surface area contributed by atoms with E-state index >= 15 is 0 Å². The molecule has 0 saturated heterocycles. The topological polar surface area (TPSA) is 85.5 Å². The van der Waals surface area contributed by atoms with Gasteiger partial charge in [0.2, 0.25) is 15.9 Å². The minimum Gasteiger partial charge on any atom is -0.473 e. The number of nitrogens with zero attached hydrogens (tertiary/aromatic N) is 2. The van der Waals surface area contributed by atoms with Gasteiger partial charge in [0.05, 0.1) is 12.5 Å². The number of hydrogen-bond acceptors (Lipinski definition) is 5. The monoisotopic (exact) mass is 359 g/mol. The molecule has 1 rings (SSSR count). The SMILES string of the molecule is CCCCN(CCC)S(=O)(=O)c1ccc(OC/C(=C/F)CN)nc1. The first-order valence-corrected chi connectivity index (χ1v) is 9.50. The van der Waals surface area contributed by atoms with Crippen molar-refractivity contribution in [3.63, 3.8) is 0 Å². The van der Waals surface area contributed by atoms with Gasteiger partial charge in [-0.1, -0.05) is 20.3 Å². The van der Waals surface area contributed by atoms with Gasteiger partial charge >= 0.3 is 0 Å². The molecule has 8 heteroatoms. The van der Waals surface area contributed by atoms with E-state index < -0.39 is 10.0 Å². The predicted octanol–water partition coefficient (Wildman–Crippen LogP) is 2.47. The number of hydrogen-bond donors (Lipinski definition) is 1. The van der Waals surface area contributed by atoms with Gasteiger partial charge in [0.1, 0.15) is 11.5 Å². The van der Waals surface area contributed by atoms with Crippen molar-refractivity contribution in [2.45, 2.75) is 38.0 Å². The first kappa shape index (κ1) is 20.5. The van der Waals surface area contributed by atoms with Crippen molar-refractivity contribution in [2.24, 2.45) is 5.73 Å². The molecule has 0 atom stereocenters. The maximum atomic E-state index is 12.7. The summed E-state index contributed by atoms with van der Waals surface area (Å²) in [6.45, 7) is 4.95. The maximum Gasteiger partial charge on any atom is 0.244 e. The van der Waals surface area contributed by atoms with Gasteiger partial charge in [0, 0.05) is 31.3 Å². The van der Waals surface area contributed by atoms with Crippen LogP contribution in [0.3, 0.4) is 0 Å². The molecule has 2 N–H and O–H groups in total. The van der Waals surface area contributed by atoms with Crippen LogP contribution in [0.1, 0.15) is 33.1 Å². The molecule has 0 aromatic carbocycles. The number of unbranched alkanes of at least 4 members (excludes halogenated alkanes) is 1. The average molecular weight is 359 g/mol. The molecular weight excluding hydrogens is 333 g/mol. The van der Waals surface area contributed by atoms with E-state index in [1.54, 1.807) is 0 Å². The van der Waals surface area contributed by atoms with Gasteiger partial charge in [-0.05, 0) is 18.9 Å². The van der Waals surface area contributed by atoms with Gasteiger partial charge in [0.25, 0.3) is 0 Å². The first-order valence-electron chi connectivity index (χ1n) is 8.06. The minimum atomic E-state index is -3.57. The van der Waals surface area contributed by atoms with Crippen molar-refractivity contribution >= 4 is 10.0 Å². The lowest BCUT2D eigenvalue weighted by Crippen LogP contribution is -2.32. The van der Waals surface area contributed by atoms with Crippen LogP contribution in [0.15, 0.2) is 35.1 Å². The van der Waals surface area contributed by atoms with Crippen LogP contribution in [0, 0.1) is 0 Å². The average Bonchev–Trinajstić information content (AvgIpc) is 2.59. The summed E-state index contributed by atoms with van der Waals surface area (Å²) in [7, 11) is -3.57. The zero-order chi connectivity index (χ0) is 18.0. The highest BCUT2D eigenvalue weighted by Gasteiger charge is 2.23. The highest BCUT2D eigenvalue weighted by Crippen LogP contribution is 2.18.